The summed E-state index contributed by atoms with van der Waals surface area (Å²) in [6.07, 6.45) is 6.53. The van der Waals surface area contributed by atoms with Gasteiger partial charge < -0.3 is 9.64 Å². The normalized spacial score (nSPS) is 38.3. The molecule has 3 rings (SSSR count). The molecule has 0 aromatic rings. The number of amides is 1. The molecule has 4 atom stereocenters. The van der Waals surface area contributed by atoms with Crippen molar-refractivity contribution in [3.63, 3.8) is 0 Å². The molecule has 1 saturated carbocycles. The lowest BCUT2D eigenvalue weighted by atomic mass is 9.96. The second-order valence-electron chi connectivity index (χ2n) is 6.49. The molecule has 4 unspecified atom stereocenters. The molecule has 0 aromatic carbocycles. The maximum absolute atomic E-state index is 12.5. The minimum absolute atomic E-state index is 0.0182. The number of hydrogen-bond donors (Lipinski definition) is 1. The zero-order valence-corrected chi connectivity index (χ0v) is 12.1. The summed E-state index contributed by atoms with van der Waals surface area (Å²) in [6, 6.07) is 0.286. The number of nitrogens with zero attached hydrogens (tertiary/aromatic N) is 1. The third-order valence-corrected chi connectivity index (χ3v) is 5.28. The van der Waals surface area contributed by atoms with Crippen molar-refractivity contribution in [2.24, 2.45) is 11.8 Å². The third-order valence-electron chi connectivity index (χ3n) is 5.28. The SMILES string of the molecule is CC1NC(C2CCCC2)N(C(C)C2CCOC2)C1=O. The third kappa shape index (κ3) is 2.40. The molecule has 1 aliphatic carbocycles. The summed E-state index contributed by atoms with van der Waals surface area (Å²) in [5.74, 6) is 1.45. The summed E-state index contributed by atoms with van der Waals surface area (Å²) >= 11 is 0. The van der Waals surface area contributed by atoms with Gasteiger partial charge in [-0.2, -0.15) is 0 Å². The van der Waals surface area contributed by atoms with Crippen LogP contribution in [0.3, 0.4) is 0 Å². The van der Waals surface area contributed by atoms with Gasteiger partial charge in [0.2, 0.25) is 5.91 Å². The van der Waals surface area contributed by atoms with Crippen LogP contribution in [0.2, 0.25) is 0 Å². The Morgan fingerprint density at radius 1 is 1.32 bits per heavy atom. The highest BCUT2D eigenvalue weighted by atomic mass is 16.5. The van der Waals surface area contributed by atoms with E-state index in [2.05, 4.69) is 17.1 Å². The largest absolute Gasteiger partial charge is 0.381 e. The van der Waals surface area contributed by atoms with E-state index >= 15 is 0 Å². The Morgan fingerprint density at radius 3 is 2.68 bits per heavy atom. The fourth-order valence-corrected chi connectivity index (χ4v) is 4.02. The first-order valence-corrected chi connectivity index (χ1v) is 7.84. The fraction of sp³-hybridized carbons (Fsp3) is 0.933. The Hall–Kier alpha value is -0.610. The number of rotatable bonds is 3. The van der Waals surface area contributed by atoms with Gasteiger partial charge in [-0.05, 0) is 39.0 Å². The lowest BCUT2D eigenvalue weighted by molar-refractivity contribution is -0.133. The van der Waals surface area contributed by atoms with Crippen LogP contribution in [0.4, 0.5) is 0 Å². The van der Waals surface area contributed by atoms with Gasteiger partial charge in [0.1, 0.15) is 0 Å². The summed E-state index contributed by atoms with van der Waals surface area (Å²) in [5.41, 5.74) is 0. The van der Waals surface area contributed by atoms with Crippen molar-refractivity contribution in [1.82, 2.24) is 10.2 Å². The molecule has 3 fully saturated rings. The summed E-state index contributed by atoms with van der Waals surface area (Å²) < 4.78 is 5.50. The van der Waals surface area contributed by atoms with E-state index in [0.29, 0.717) is 17.9 Å². The minimum Gasteiger partial charge on any atom is -0.381 e. The smallest absolute Gasteiger partial charge is 0.240 e. The fourth-order valence-electron chi connectivity index (χ4n) is 4.02. The van der Waals surface area contributed by atoms with Crippen LogP contribution in [0.5, 0.6) is 0 Å². The predicted octanol–water partition coefficient (Wildman–Crippen LogP) is 1.75. The van der Waals surface area contributed by atoms with Crippen molar-refractivity contribution in [2.75, 3.05) is 13.2 Å². The van der Waals surface area contributed by atoms with Gasteiger partial charge in [0.05, 0.1) is 18.8 Å². The average Bonchev–Trinajstić information content (AvgIpc) is 3.11. The first kappa shape index (κ1) is 13.4. The van der Waals surface area contributed by atoms with Crippen LogP contribution < -0.4 is 5.32 Å². The van der Waals surface area contributed by atoms with Crippen molar-refractivity contribution in [3.8, 4) is 0 Å². The minimum atomic E-state index is -0.0182. The van der Waals surface area contributed by atoms with E-state index in [1.165, 1.54) is 25.7 Å². The van der Waals surface area contributed by atoms with E-state index in [4.69, 9.17) is 4.74 Å². The number of ether oxygens (including phenoxy) is 1. The molecule has 19 heavy (non-hydrogen) atoms. The maximum atomic E-state index is 12.5. The van der Waals surface area contributed by atoms with Gasteiger partial charge in [-0.1, -0.05) is 12.8 Å². The van der Waals surface area contributed by atoms with Gasteiger partial charge >= 0.3 is 0 Å². The average molecular weight is 266 g/mol. The summed E-state index contributed by atoms with van der Waals surface area (Å²) in [4.78, 5) is 14.6. The predicted molar refractivity (Wildman–Crippen MR) is 73.6 cm³/mol. The Labute approximate surface area is 115 Å². The molecule has 0 spiro atoms. The van der Waals surface area contributed by atoms with Crippen molar-refractivity contribution < 1.29 is 9.53 Å². The number of carbonyl (C=O) groups is 1. The maximum Gasteiger partial charge on any atom is 0.240 e. The summed E-state index contributed by atoms with van der Waals surface area (Å²) in [6.45, 7) is 5.88. The first-order valence-electron chi connectivity index (χ1n) is 7.84. The Morgan fingerprint density at radius 2 is 2.05 bits per heavy atom. The van der Waals surface area contributed by atoms with Crippen LogP contribution >= 0.6 is 0 Å². The molecule has 4 nitrogen and oxygen atoms in total. The molecule has 0 aromatic heterocycles. The quantitative estimate of drug-likeness (QED) is 0.846. The molecule has 1 N–H and O–H groups in total. The number of nitrogens with one attached hydrogen (secondary N) is 1. The molecule has 0 bridgehead atoms. The molecule has 4 heteroatoms. The Kier molecular flexibility index (Phi) is 3.81. The van der Waals surface area contributed by atoms with E-state index in [1.54, 1.807) is 0 Å². The van der Waals surface area contributed by atoms with E-state index in [0.717, 1.165) is 19.6 Å². The number of carbonyl (C=O) groups excluding carboxylic acids is 1. The second-order valence-corrected chi connectivity index (χ2v) is 6.49. The van der Waals surface area contributed by atoms with Gasteiger partial charge in [-0.3, -0.25) is 10.1 Å². The van der Waals surface area contributed by atoms with Crippen LogP contribution in [0.15, 0.2) is 0 Å². The first-order chi connectivity index (χ1) is 9.18. The van der Waals surface area contributed by atoms with Crippen LogP contribution in [0.1, 0.15) is 46.0 Å². The Bertz CT molecular complexity index is 335. The lowest BCUT2D eigenvalue weighted by Gasteiger charge is -2.36. The molecule has 2 heterocycles. The van der Waals surface area contributed by atoms with Crippen molar-refractivity contribution in [1.29, 1.82) is 0 Å². The van der Waals surface area contributed by atoms with Gasteiger partial charge in [0, 0.05) is 18.6 Å². The van der Waals surface area contributed by atoms with Gasteiger partial charge in [0.25, 0.3) is 0 Å². The van der Waals surface area contributed by atoms with E-state index in [9.17, 15) is 4.79 Å². The van der Waals surface area contributed by atoms with Gasteiger partial charge in [-0.15, -0.1) is 0 Å². The zero-order valence-electron chi connectivity index (χ0n) is 12.1. The molecule has 108 valence electrons. The monoisotopic (exact) mass is 266 g/mol. The highest BCUT2D eigenvalue weighted by Crippen LogP contribution is 2.35. The molecule has 1 amide bonds. The second kappa shape index (κ2) is 5.41. The highest BCUT2D eigenvalue weighted by Gasteiger charge is 2.45. The van der Waals surface area contributed by atoms with Crippen LogP contribution in [0, 0.1) is 11.8 Å². The van der Waals surface area contributed by atoms with E-state index in [-0.39, 0.29) is 18.1 Å². The molecule has 3 aliphatic rings. The van der Waals surface area contributed by atoms with Crippen molar-refractivity contribution in [3.05, 3.63) is 0 Å². The van der Waals surface area contributed by atoms with Crippen molar-refractivity contribution >= 4 is 5.91 Å². The van der Waals surface area contributed by atoms with Crippen molar-refractivity contribution in [2.45, 2.75) is 64.2 Å². The lowest BCUT2D eigenvalue weighted by Crippen LogP contribution is -2.49. The van der Waals surface area contributed by atoms with E-state index < -0.39 is 0 Å². The van der Waals surface area contributed by atoms with Gasteiger partial charge in [0.15, 0.2) is 0 Å². The molecule has 2 aliphatic heterocycles. The van der Waals surface area contributed by atoms with E-state index in [1.807, 2.05) is 6.92 Å². The summed E-state index contributed by atoms with van der Waals surface area (Å²) in [5, 5.41) is 3.54. The standard InChI is InChI=1S/C15H26N2O2/c1-10-15(18)17(11(2)13-7-8-19-9-13)14(16-10)12-5-3-4-6-12/h10-14,16H,3-9H2,1-2H3. The topological polar surface area (TPSA) is 41.6 Å². The number of hydrogen-bond acceptors (Lipinski definition) is 3. The highest BCUT2D eigenvalue weighted by molar-refractivity contribution is 5.84. The molecule has 0 radical (unpaired) electrons. The van der Waals surface area contributed by atoms with Crippen LogP contribution in [-0.2, 0) is 9.53 Å². The van der Waals surface area contributed by atoms with Gasteiger partial charge in [-0.25, -0.2) is 0 Å². The summed E-state index contributed by atoms with van der Waals surface area (Å²) in [7, 11) is 0. The van der Waals surface area contributed by atoms with Crippen LogP contribution in [-0.4, -0.2) is 42.3 Å². The molecular weight excluding hydrogens is 240 g/mol. The zero-order chi connectivity index (χ0) is 13.4. The van der Waals surface area contributed by atoms with Crippen LogP contribution in [0.25, 0.3) is 0 Å². The molecular formula is C15H26N2O2. The Balaban J connectivity index is 1.76. The molecule has 2 saturated heterocycles.